The number of fused-ring (bicyclic) bond motifs is 1. The summed E-state index contributed by atoms with van der Waals surface area (Å²) in [6.07, 6.45) is 6.07. The molecule has 0 spiro atoms. The summed E-state index contributed by atoms with van der Waals surface area (Å²) in [7, 11) is -3.61. The van der Waals surface area contributed by atoms with Crippen LogP contribution in [0.2, 0.25) is 0 Å². The quantitative estimate of drug-likeness (QED) is 0.370. The monoisotopic (exact) mass is 521 g/mol. The van der Waals surface area contributed by atoms with Gasteiger partial charge >= 0.3 is 0 Å². The largest absolute Gasteiger partial charge is 0.365 e. The van der Waals surface area contributed by atoms with Crippen LogP contribution in [-0.2, 0) is 23.0 Å². The summed E-state index contributed by atoms with van der Waals surface area (Å²) in [5, 5.41) is 6.49. The van der Waals surface area contributed by atoms with Crippen molar-refractivity contribution >= 4 is 33.4 Å². The molecule has 2 aliphatic rings. The van der Waals surface area contributed by atoms with Gasteiger partial charge in [-0.3, -0.25) is 4.79 Å². The lowest BCUT2D eigenvalue weighted by molar-refractivity contribution is 0.100. The summed E-state index contributed by atoms with van der Waals surface area (Å²) in [5.41, 5.74) is 14.6. The predicted molar refractivity (Wildman–Crippen MR) is 142 cm³/mol. The van der Waals surface area contributed by atoms with Crippen molar-refractivity contribution in [1.29, 1.82) is 0 Å². The fourth-order valence-electron chi connectivity index (χ4n) is 4.92. The maximum absolute atomic E-state index is 13.1. The Kier molecular flexibility index (Phi) is 7.09. The van der Waals surface area contributed by atoms with Gasteiger partial charge in [-0.15, -0.1) is 0 Å². The zero-order valence-corrected chi connectivity index (χ0v) is 21.2. The molecular weight excluding hydrogens is 490 g/mol. The van der Waals surface area contributed by atoms with Crippen molar-refractivity contribution in [3.05, 3.63) is 71.4 Å². The molecule has 1 fully saturated rings. The zero-order chi connectivity index (χ0) is 26.0. The molecule has 3 aromatic rings. The molecule has 11 heteroatoms. The van der Waals surface area contributed by atoms with Gasteiger partial charge in [0.2, 0.25) is 16.0 Å². The Hall–Kier alpha value is -3.54. The molecule has 194 valence electrons. The van der Waals surface area contributed by atoms with Gasteiger partial charge in [-0.2, -0.15) is 9.29 Å². The molecule has 5 rings (SSSR count). The molecule has 10 nitrogen and oxygen atoms in total. The number of nitrogens with two attached hydrogens (primary N) is 2. The standard InChI is InChI=1S/C26H31N7O3S/c27-22-8-4-5-9-23(22)31-26-29-15-21(24(28)34)25(32-26)30-19-11-10-17-12-13-33(16-18(17)14-19)37(35,36)20-6-2-1-3-7-20/h1-3,6-7,10-11,14-15,22-23H,4-5,8-9,12-13,16,27H2,(H2,28,34)(H2,29,30,31,32). The van der Waals surface area contributed by atoms with Gasteiger partial charge < -0.3 is 22.1 Å². The van der Waals surface area contributed by atoms with Crippen molar-refractivity contribution in [3.8, 4) is 0 Å². The normalized spacial score (nSPS) is 20.1. The van der Waals surface area contributed by atoms with E-state index in [2.05, 4.69) is 20.6 Å². The summed E-state index contributed by atoms with van der Waals surface area (Å²) in [5.74, 6) is -0.00616. The maximum atomic E-state index is 13.1. The molecule has 1 aliphatic heterocycles. The van der Waals surface area contributed by atoms with Crippen LogP contribution in [0.3, 0.4) is 0 Å². The molecule has 2 aromatic carbocycles. The fraction of sp³-hybridized carbons (Fsp3) is 0.346. The molecule has 0 radical (unpaired) electrons. The number of primary amides is 1. The second-order valence-electron chi connectivity index (χ2n) is 9.53. The number of nitrogens with zero attached hydrogens (tertiary/aromatic N) is 3. The van der Waals surface area contributed by atoms with Crippen LogP contribution in [0.4, 0.5) is 17.5 Å². The van der Waals surface area contributed by atoms with Crippen LogP contribution in [0.5, 0.6) is 0 Å². The molecular formula is C26H31N7O3S. The number of carbonyl (C=O) groups excluding carboxylic acids is 1. The van der Waals surface area contributed by atoms with Crippen molar-refractivity contribution < 1.29 is 13.2 Å². The highest BCUT2D eigenvalue weighted by molar-refractivity contribution is 7.89. The van der Waals surface area contributed by atoms with Crippen molar-refractivity contribution in [2.75, 3.05) is 17.2 Å². The van der Waals surface area contributed by atoms with E-state index in [0.29, 0.717) is 24.6 Å². The molecule has 37 heavy (non-hydrogen) atoms. The summed E-state index contributed by atoms with van der Waals surface area (Å²) < 4.78 is 27.8. The molecule has 1 amide bonds. The summed E-state index contributed by atoms with van der Waals surface area (Å²) in [6.45, 7) is 0.661. The third kappa shape index (κ3) is 5.43. The number of nitrogens with one attached hydrogen (secondary N) is 2. The van der Waals surface area contributed by atoms with E-state index in [1.165, 1.54) is 10.5 Å². The van der Waals surface area contributed by atoms with E-state index < -0.39 is 15.9 Å². The van der Waals surface area contributed by atoms with Gasteiger partial charge in [0.1, 0.15) is 11.4 Å². The first kappa shape index (κ1) is 25.1. The van der Waals surface area contributed by atoms with Crippen LogP contribution in [0.25, 0.3) is 0 Å². The van der Waals surface area contributed by atoms with Crippen LogP contribution in [0.1, 0.15) is 47.2 Å². The molecule has 0 saturated heterocycles. The lowest BCUT2D eigenvalue weighted by Gasteiger charge is -2.29. The van der Waals surface area contributed by atoms with Gasteiger partial charge in [0.15, 0.2) is 0 Å². The Labute approximate surface area is 216 Å². The van der Waals surface area contributed by atoms with Gasteiger partial charge in [0, 0.05) is 37.1 Å². The second-order valence-corrected chi connectivity index (χ2v) is 11.5. The number of amides is 1. The fourth-order valence-corrected chi connectivity index (χ4v) is 6.36. The molecule has 2 unspecified atom stereocenters. The smallest absolute Gasteiger partial charge is 0.254 e. The van der Waals surface area contributed by atoms with E-state index >= 15 is 0 Å². The lowest BCUT2D eigenvalue weighted by atomic mass is 9.91. The van der Waals surface area contributed by atoms with Crippen molar-refractivity contribution in [1.82, 2.24) is 14.3 Å². The Morgan fingerprint density at radius 2 is 1.84 bits per heavy atom. The zero-order valence-electron chi connectivity index (χ0n) is 20.4. The topological polar surface area (TPSA) is 156 Å². The van der Waals surface area contributed by atoms with Crippen LogP contribution < -0.4 is 22.1 Å². The number of carbonyl (C=O) groups is 1. The highest BCUT2D eigenvalue weighted by Crippen LogP contribution is 2.29. The number of aromatic nitrogens is 2. The minimum atomic E-state index is -3.61. The maximum Gasteiger partial charge on any atom is 0.254 e. The molecule has 1 aromatic heterocycles. The third-order valence-corrected chi connectivity index (χ3v) is 8.87. The van der Waals surface area contributed by atoms with E-state index in [1.807, 2.05) is 18.2 Å². The van der Waals surface area contributed by atoms with Gasteiger partial charge in [-0.1, -0.05) is 37.1 Å². The third-order valence-electron chi connectivity index (χ3n) is 7.02. The molecule has 6 N–H and O–H groups in total. The highest BCUT2D eigenvalue weighted by atomic mass is 32.2. The Morgan fingerprint density at radius 1 is 1.05 bits per heavy atom. The first-order valence-corrected chi connectivity index (χ1v) is 13.9. The van der Waals surface area contributed by atoms with E-state index in [9.17, 15) is 13.2 Å². The average molecular weight is 522 g/mol. The molecule has 1 aliphatic carbocycles. The van der Waals surface area contributed by atoms with E-state index in [4.69, 9.17) is 11.5 Å². The number of sulfonamides is 1. The number of hydrogen-bond acceptors (Lipinski definition) is 8. The number of anilines is 3. The van der Waals surface area contributed by atoms with Crippen LogP contribution in [-0.4, -0.2) is 47.2 Å². The molecule has 0 bridgehead atoms. The van der Waals surface area contributed by atoms with Gasteiger partial charge in [-0.05, 0) is 54.7 Å². The van der Waals surface area contributed by atoms with Crippen molar-refractivity contribution in [3.63, 3.8) is 0 Å². The minimum Gasteiger partial charge on any atom is -0.365 e. The van der Waals surface area contributed by atoms with Crippen molar-refractivity contribution in [2.45, 2.75) is 55.6 Å². The van der Waals surface area contributed by atoms with Gasteiger partial charge in [-0.25, -0.2) is 13.4 Å². The first-order chi connectivity index (χ1) is 17.8. The SMILES string of the molecule is NC(=O)c1cnc(NC2CCCCC2N)nc1Nc1ccc2c(c1)CN(S(=O)(=O)c1ccccc1)CC2. The predicted octanol–water partition coefficient (Wildman–Crippen LogP) is 2.75. The van der Waals surface area contributed by atoms with Crippen LogP contribution in [0.15, 0.2) is 59.6 Å². The molecule has 2 heterocycles. The van der Waals surface area contributed by atoms with Crippen LogP contribution in [0, 0.1) is 0 Å². The Balaban J connectivity index is 1.38. The van der Waals surface area contributed by atoms with Gasteiger partial charge in [0.25, 0.3) is 5.91 Å². The molecule has 2 atom stereocenters. The van der Waals surface area contributed by atoms with E-state index in [0.717, 1.165) is 36.8 Å². The second kappa shape index (κ2) is 10.4. The average Bonchev–Trinajstić information content (AvgIpc) is 2.90. The minimum absolute atomic E-state index is 0.0142. The summed E-state index contributed by atoms with van der Waals surface area (Å²) >= 11 is 0. The first-order valence-electron chi connectivity index (χ1n) is 12.4. The Morgan fingerprint density at radius 3 is 2.59 bits per heavy atom. The number of benzene rings is 2. The Bertz CT molecular complexity index is 1400. The summed E-state index contributed by atoms with van der Waals surface area (Å²) in [6, 6.07) is 14.3. The van der Waals surface area contributed by atoms with E-state index in [-0.39, 0.29) is 34.9 Å². The van der Waals surface area contributed by atoms with E-state index in [1.54, 1.807) is 30.3 Å². The number of hydrogen-bond donors (Lipinski definition) is 4. The highest BCUT2D eigenvalue weighted by Gasteiger charge is 2.28. The molecule has 1 saturated carbocycles. The van der Waals surface area contributed by atoms with Crippen LogP contribution >= 0.6 is 0 Å². The van der Waals surface area contributed by atoms with Crippen molar-refractivity contribution in [2.24, 2.45) is 11.5 Å². The summed E-state index contributed by atoms with van der Waals surface area (Å²) in [4.78, 5) is 21.2. The lowest BCUT2D eigenvalue weighted by Crippen LogP contribution is -2.43. The van der Waals surface area contributed by atoms with Gasteiger partial charge in [0.05, 0.1) is 4.90 Å². The number of rotatable bonds is 7.